The number of amides is 1. The summed E-state index contributed by atoms with van der Waals surface area (Å²) in [7, 11) is 3.17. The Morgan fingerprint density at radius 1 is 1.31 bits per heavy atom. The largest absolute Gasteiger partial charge is 0.469 e. The minimum atomic E-state index is -0.261. The fraction of sp³-hybridized carbons (Fsp3) is 0.818. The summed E-state index contributed by atoms with van der Waals surface area (Å²) in [5, 5.41) is 2.83. The van der Waals surface area contributed by atoms with Crippen LogP contribution in [0.2, 0.25) is 0 Å². The number of nitrogens with zero attached hydrogens (tertiary/aromatic N) is 1. The maximum atomic E-state index is 11.6. The normalized spacial score (nSPS) is 12.7. The van der Waals surface area contributed by atoms with E-state index in [9.17, 15) is 9.59 Å². The van der Waals surface area contributed by atoms with Crippen LogP contribution < -0.4 is 5.32 Å². The SMILES string of the molecule is COC(=O)CCN(C)C(C)C(=O)NC(C)C. The minimum absolute atomic E-state index is 0.0256. The molecule has 5 heteroatoms. The minimum Gasteiger partial charge on any atom is -0.469 e. The van der Waals surface area contributed by atoms with Crippen LogP contribution in [0.4, 0.5) is 0 Å². The number of likely N-dealkylation sites (N-methyl/N-ethyl adjacent to an activating group) is 1. The standard InChI is InChI=1S/C11H22N2O3/c1-8(2)12-11(15)9(3)13(4)7-6-10(14)16-5/h8-9H,6-7H2,1-5H3,(H,12,15). The number of hydrogen-bond acceptors (Lipinski definition) is 4. The molecule has 1 unspecified atom stereocenters. The van der Waals surface area contributed by atoms with E-state index in [0.717, 1.165) is 0 Å². The number of methoxy groups -OCH3 is 1. The van der Waals surface area contributed by atoms with Crippen LogP contribution in [0.1, 0.15) is 27.2 Å². The third kappa shape index (κ3) is 5.70. The molecule has 0 rings (SSSR count). The molecule has 16 heavy (non-hydrogen) atoms. The number of ether oxygens (including phenoxy) is 1. The molecule has 0 aliphatic rings. The average Bonchev–Trinajstić information content (AvgIpc) is 2.23. The predicted octanol–water partition coefficient (Wildman–Crippen LogP) is 0.394. The lowest BCUT2D eigenvalue weighted by atomic mass is 10.2. The molecule has 1 amide bonds. The first-order valence-corrected chi connectivity index (χ1v) is 5.46. The molecule has 0 aromatic rings. The first kappa shape index (κ1) is 14.9. The van der Waals surface area contributed by atoms with Gasteiger partial charge in [0, 0.05) is 12.6 Å². The highest BCUT2D eigenvalue weighted by molar-refractivity contribution is 5.81. The van der Waals surface area contributed by atoms with Crippen molar-refractivity contribution in [1.29, 1.82) is 0 Å². The predicted molar refractivity (Wildman–Crippen MR) is 62.0 cm³/mol. The number of hydrogen-bond donors (Lipinski definition) is 1. The maximum Gasteiger partial charge on any atom is 0.306 e. The Morgan fingerprint density at radius 2 is 1.88 bits per heavy atom. The summed E-state index contributed by atoms with van der Waals surface area (Å²) < 4.78 is 4.54. The third-order valence-corrected chi connectivity index (χ3v) is 2.37. The molecule has 1 N–H and O–H groups in total. The molecule has 0 bridgehead atoms. The van der Waals surface area contributed by atoms with Gasteiger partial charge in [-0.1, -0.05) is 0 Å². The van der Waals surface area contributed by atoms with Crippen molar-refractivity contribution in [3.05, 3.63) is 0 Å². The summed E-state index contributed by atoms with van der Waals surface area (Å²) in [6.07, 6.45) is 0.298. The van der Waals surface area contributed by atoms with Gasteiger partial charge in [-0.15, -0.1) is 0 Å². The van der Waals surface area contributed by atoms with Gasteiger partial charge >= 0.3 is 5.97 Å². The highest BCUT2D eigenvalue weighted by Crippen LogP contribution is 1.99. The van der Waals surface area contributed by atoms with Gasteiger partial charge in [0.2, 0.25) is 5.91 Å². The molecule has 1 atom stereocenters. The van der Waals surface area contributed by atoms with Crippen molar-refractivity contribution in [3.8, 4) is 0 Å². The molecular weight excluding hydrogens is 208 g/mol. The topological polar surface area (TPSA) is 58.6 Å². The number of carbonyl (C=O) groups excluding carboxylic acids is 2. The van der Waals surface area contributed by atoms with Crippen molar-refractivity contribution < 1.29 is 14.3 Å². The second-order valence-electron chi connectivity index (χ2n) is 4.15. The highest BCUT2D eigenvalue weighted by atomic mass is 16.5. The van der Waals surface area contributed by atoms with Crippen LogP contribution in [0.5, 0.6) is 0 Å². The number of esters is 1. The summed E-state index contributed by atoms with van der Waals surface area (Å²) in [6, 6.07) is -0.115. The lowest BCUT2D eigenvalue weighted by Gasteiger charge is -2.24. The molecule has 94 valence electrons. The lowest BCUT2D eigenvalue weighted by molar-refractivity contribution is -0.141. The molecule has 0 aromatic carbocycles. The molecule has 0 saturated carbocycles. The molecule has 0 heterocycles. The molecule has 0 saturated heterocycles. The van der Waals surface area contributed by atoms with Gasteiger partial charge in [0.1, 0.15) is 0 Å². The zero-order valence-electron chi connectivity index (χ0n) is 10.7. The van der Waals surface area contributed by atoms with E-state index in [0.29, 0.717) is 13.0 Å². The first-order valence-electron chi connectivity index (χ1n) is 5.46. The fourth-order valence-corrected chi connectivity index (χ4v) is 1.17. The summed E-state index contributed by atoms with van der Waals surface area (Å²) in [4.78, 5) is 24.4. The van der Waals surface area contributed by atoms with Crippen LogP contribution in [0.15, 0.2) is 0 Å². The van der Waals surface area contributed by atoms with Crippen LogP contribution in [-0.4, -0.2) is 49.6 Å². The monoisotopic (exact) mass is 230 g/mol. The van der Waals surface area contributed by atoms with Crippen molar-refractivity contribution in [2.24, 2.45) is 0 Å². The van der Waals surface area contributed by atoms with Crippen molar-refractivity contribution in [3.63, 3.8) is 0 Å². The summed E-state index contributed by atoms with van der Waals surface area (Å²) >= 11 is 0. The van der Waals surface area contributed by atoms with Gasteiger partial charge in [-0.25, -0.2) is 0 Å². The van der Waals surface area contributed by atoms with Gasteiger partial charge in [0.25, 0.3) is 0 Å². The third-order valence-electron chi connectivity index (χ3n) is 2.37. The van der Waals surface area contributed by atoms with Gasteiger partial charge in [-0.2, -0.15) is 0 Å². The van der Waals surface area contributed by atoms with E-state index in [-0.39, 0.29) is 24.0 Å². The van der Waals surface area contributed by atoms with Crippen LogP contribution >= 0.6 is 0 Å². The van der Waals surface area contributed by atoms with Crippen molar-refractivity contribution in [2.75, 3.05) is 20.7 Å². The molecule has 0 aliphatic heterocycles. The molecule has 0 spiro atoms. The molecule has 0 aliphatic carbocycles. The molecule has 0 fully saturated rings. The highest BCUT2D eigenvalue weighted by Gasteiger charge is 2.18. The number of carbonyl (C=O) groups is 2. The van der Waals surface area contributed by atoms with Crippen molar-refractivity contribution in [2.45, 2.75) is 39.3 Å². The molecule has 0 aromatic heterocycles. The van der Waals surface area contributed by atoms with E-state index in [2.05, 4.69) is 10.1 Å². The first-order chi connectivity index (χ1) is 7.38. The Kier molecular flexibility index (Phi) is 6.72. The summed E-state index contributed by atoms with van der Waals surface area (Å²) in [6.45, 7) is 6.16. The number of rotatable bonds is 6. The van der Waals surface area contributed by atoms with E-state index in [4.69, 9.17) is 0 Å². The van der Waals surface area contributed by atoms with E-state index in [1.807, 2.05) is 32.7 Å². The van der Waals surface area contributed by atoms with E-state index < -0.39 is 0 Å². The van der Waals surface area contributed by atoms with Crippen LogP contribution in [0.3, 0.4) is 0 Å². The van der Waals surface area contributed by atoms with Crippen LogP contribution in [0, 0.1) is 0 Å². The Labute approximate surface area is 97.1 Å². The Morgan fingerprint density at radius 3 is 2.31 bits per heavy atom. The fourth-order valence-electron chi connectivity index (χ4n) is 1.17. The summed E-state index contributed by atoms with van der Waals surface area (Å²) in [5.41, 5.74) is 0. The summed E-state index contributed by atoms with van der Waals surface area (Å²) in [5.74, 6) is -0.286. The van der Waals surface area contributed by atoms with Crippen molar-refractivity contribution in [1.82, 2.24) is 10.2 Å². The Bertz CT molecular complexity index is 241. The lowest BCUT2D eigenvalue weighted by Crippen LogP contribution is -2.46. The molecule has 5 nitrogen and oxygen atoms in total. The number of nitrogens with one attached hydrogen (secondary N) is 1. The van der Waals surface area contributed by atoms with Gasteiger partial charge in [-0.05, 0) is 27.8 Å². The maximum absolute atomic E-state index is 11.6. The zero-order valence-corrected chi connectivity index (χ0v) is 10.7. The van der Waals surface area contributed by atoms with Gasteiger partial charge in [0.05, 0.1) is 19.6 Å². The van der Waals surface area contributed by atoms with E-state index >= 15 is 0 Å². The molecular formula is C11H22N2O3. The Hall–Kier alpha value is -1.10. The smallest absolute Gasteiger partial charge is 0.306 e. The second-order valence-corrected chi connectivity index (χ2v) is 4.15. The van der Waals surface area contributed by atoms with E-state index in [1.54, 1.807) is 0 Å². The van der Waals surface area contributed by atoms with Gasteiger partial charge in [-0.3, -0.25) is 14.5 Å². The van der Waals surface area contributed by atoms with Gasteiger partial charge in [0.15, 0.2) is 0 Å². The van der Waals surface area contributed by atoms with Crippen molar-refractivity contribution >= 4 is 11.9 Å². The Balaban J connectivity index is 4.02. The van der Waals surface area contributed by atoms with Crippen LogP contribution in [0.25, 0.3) is 0 Å². The second kappa shape index (κ2) is 7.22. The zero-order chi connectivity index (χ0) is 12.7. The van der Waals surface area contributed by atoms with E-state index in [1.165, 1.54) is 7.11 Å². The average molecular weight is 230 g/mol. The van der Waals surface area contributed by atoms with Crippen LogP contribution in [-0.2, 0) is 14.3 Å². The van der Waals surface area contributed by atoms with Gasteiger partial charge < -0.3 is 10.1 Å². The molecule has 0 radical (unpaired) electrons. The quantitative estimate of drug-likeness (QED) is 0.671.